The molecule has 40 heavy (non-hydrogen) atoms. The molecule has 0 radical (unpaired) electrons. The van der Waals surface area contributed by atoms with Crippen molar-refractivity contribution in [1.29, 1.82) is 0 Å². The number of amides is 4. The second-order valence-electron chi connectivity index (χ2n) is 9.64. The molecule has 1 saturated heterocycles. The monoisotopic (exact) mass is 561 g/mol. The molecule has 4 amide bonds. The third-order valence-electron chi connectivity index (χ3n) is 6.85. The number of piperidine rings is 1. The zero-order chi connectivity index (χ0) is 28.0. The molecule has 0 spiro atoms. The summed E-state index contributed by atoms with van der Waals surface area (Å²) in [6, 6.07) is 15.4. The summed E-state index contributed by atoms with van der Waals surface area (Å²) in [7, 11) is 0. The number of carbonyl (C=O) groups excluding carboxylic acids is 2. The minimum absolute atomic E-state index is 0.00262. The Morgan fingerprint density at radius 1 is 1.12 bits per heavy atom. The third-order valence-corrected chi connectivity index (χ3v) is 7.94. The highest BCUT2D eigenvalue weighted by atomic mass is 32.1. The van der Waals surface area contributed by atoms with E-state index in [1.807, 2.05) is 43.3 Å². The molecule has 4 aromatic rings. The second-order valence-corrected chi connectivity index (χ2v) is 10.6. The number of carboxylic acid groups (broad SMARTS) is 1. The van der Waals surface area contributed by atoms with Crippen LogP contribution < -0.4 is 20.3 Å². The molecule has 0 bridgehead atoms. The maximum absolute atomic E-state index is 14.2. The second kappa shape index (κ2) is 10.1. The van der Waals surface area contributed by atoms with E-state index in [0.29, 0.717) is 38.8 Å². The fraction of sp³-hybridized carbons (Fsp3) is 0.214. The van der Waals surface area contributed by atoms with E-state index < -0.39 is 30.2 Å². The molecule has 0 unspecified atom stereocenters. The summed E-state index contributed by atoms with van der Waals surface area (Å²) in [6.07, 6.45) is -1.05. The van der Waals surface area contributed by atoms with Crippen LogP contribution in [0.2, 0.25) is 0 Å². The fourth-order valence-electron chi connectivity index (χ4n) is 5.10. The van der Waals surface area contributed by atoms with Crippen molar-refractivity contribution in [2.75, 3.05) is 23.3 Å². The van der Waals surface area contributed by atoms with E-state index in [1.54, 1.807) is 24.4 Å². The number of anilines is 3. The number of nitrogens with zero attached hydrogens (tertiary/aromatic N) is 3. The summed E-state index contributed by atoms with van der Waals surface area (Å²) in [5.74, 6) is 0.793. The summed E-state index contributed by atoms with van der Waals surface area (Å²) in [5, 5.41) is 15.5. The van der Waals surface area contributed by atoms with Crippen LogP contribution in [0.3, 0.4) is 0 Å². The van der Waals surface area contributed by atoms with Crippen LogP contribution >= 0.6 is 11.3 Å². The first-order chi connectivity index (χ1) is 19.3. The number of pyridine rings is 1. The number of rotatable bonds is 5. The average molecular weight is 562 g/mol. The summed E-state index contributed by atoms with van der Waals surface area (Å²) in [4.78, 5) is 45.8. The van der Waals surface area contributed by atoms with Crippen LogP contribution in [0.25, 0.3) is 10.2 Å². The lowest BCUT2D eigenvalue weighted by Gasteiger charge is -2.33. The molecule has 2 aromatic carbocycles. The molecule has 6 rings (SSSR count). The Bertz CT molecular complexity index is 1650. The number of likely N-dealkylation sites (tertiary alicyclic amines) is 1. The predicted molar refractivity (Wildman–Crippen MR) is 149 cm³/mol. The van der Waals surface area contributed by atoms with Crippen LogP contribution in [-0.4, -0.2) is 58.3 Å². The number of para-hydroxylation sites is 1. The normalized spacial score (nSPS) is 18.4. The first-order valence-electron chi connectivity index (χ1n) is 12.6. The van der Waals surface area contributed by atoms with E-state index in [-0.39, 0.29) is 24.4 Å². The molecular formula is C28H24FN5O5S. The Morgan fingerprint density at radius 3 is 2.67 bits per heavy atom. The number of aromatic nitrogens is 1. The highest BCUT2D eigenvalue weighted by molar-refractivity contribution is 7.21. The van der Waals surface area contributed by atoms with E-state index >= 15 is 0 Å². The lowest BCUT2D eigenvalue weighted by Crippen LogP contribution is -2.53. The van der Waals surface area contributed by atoms with E-state index in [2.05, 4.69) is 15.6 Å². The van der Waals surface area contributed by atoms with Gasteiger partial charge in [0.25, 0.3) is 5.91 Å². The molecule has 1 fully saturated rings. The van der Waals surface area contributed by atoms with Crippen LogP contribution in [-0.2, 0) is 0 Å². The van der Waals surface area contributed by atoms with Gasteiger partial charge in [-0.2, -0.15) is 0 Å². The molecule has 2 aliphatic rings. The van der Waals surface area contributed by atoms with Crippen molar-refractivity contribution in [2.45, 2.75) is 25.6 Å². The minimum Gasteiger partial charge on any atom is -0.465 e. The molecule has 12 heteroatoms. The summed E-state index contributed by atoms with van der Waals surface area (Å²) >= 11 is 1.11. The zero-order valence-electron chi connectivity index (χ0n) is 21.3. The Balaban J connectivity index is 1.30. The standard InChI is InChI=1S/C28H24FN5O5S/c1-15-11-19(39-18-5-3-2-4-6-18)7-8-20(15)34-21-9-10-30-26-22(21)23(32-27(34)36)24(40-26)25(35)31-17-12-16(29)13-33(14-17)28(37)38/h2-11,16-17H,12-14H2,1H3,(H,31,35)(H,32,36)(H,37,38)/t16-,17-/m1/s1. The van der Waals surface area contributed by atoms with Gasteiger partial charge in [0, 0.05) is 25.2 Å². The van der Waals surface area contributed by atoms with Crippen LogP contribution in [0.4, 0.5) is 31.0 Å². The third kappa shape index (κ3) is 4.66. The Hall–Kier alpha value is -4.71. The maximum Gasteiger partial charge on any atom is 0.407 e. The number of carbonyl (C=O) groups is 3. The highest BCUT2D eigenvalue weighted by Gasteiger charge is 2.35. The number of benzene rings is 2. The summed E-state index contributed by atoms with van der Waals surface area (Å²) in [6.45, 7) is 1.63. The summed E-state index contributed by atoms with van der Waals surface area (Å²) in [5.41, 5.74) is 2.33. The van der Waals surface area contributed by atoms with Crippen molar-refractivity contribution < 1.29 is 28.6 Å². The first kappa shape index (κ1) is 25.6. The van der Waals surface area contributed by atoms with Crippen LogP contribution in [0.15, 0.2) is 60.8 Å². The Kier molecular flexibility index (Phi) is 6.46. The zero-order valence-corrected chi connectivity index (χ0v) is 22.1. The fourth-order valence-corrected chi connectivity index (χ4v) is 6.12. The van der Waals surface area contributed by atoms with Crippen molar-refractivity contribution in [1.82, 2.24) is 15.2 Å². The van der Waals surface area contributed by atoms with Crippen molar-refractivity contribution in [2.24, 2.45) is 0 Å². The average Bonchev–Trinajstić information content (AvgIpc) is 3.29. The van der Waals surface area contributed by atoms with E-state index in [4.69, 9.17) is 4.74 Å². The van der Waals surface area contributed by atoms with Gasteiger partial charge in [-0.25, -0.2) is 19.0 Å². The molecule has 2 atom stereocenters. The number of hydrogen-bond donors (Lipinski definition) is 3. The quantitative estimate of drug-likeness (QED) is 0.279. The number of ether oxygens (including phenoxy) is 1. The van der Waals surface area contributed by atoms with Gasteiger partial charge < -0.3 is 25.4 Å². The highest BCUT2D eigenvalue weighted by Crippen LogP contribution is 2.46. The lowest BCUT2D eigenvalue weighted by molar-refractivity contribution is 0.0784. The molecule has 2 aromatic heterocycles. The van der Waals surface area contributed by atoms with Crippen LogP contribution in [0.5, 0.6) is 11.5 Å². The lowest BCUT2D eigenvalue weighted by atomic mass is 10.0. The minimum atomic E-state index is -1.38. The van der Waals surface area contributed by atoms with Crippen LogP contribution in [0.1, 0.15) is 21.7 Å². The number of aryl methyl sites for hydroxylation is 1. The number of nitrogens with one attached hydrogen (secondary N) is 2. The molecule has 0 aliphatic carbocycles. The van der Waals surface area contributed by atoms with Gasteiger partial charge in [0.05, 0.1) is 29.0 Å². The van der Waals surface area contributed by atoms with E-state index in [0.717, 1.165) is 21.8 Å². The van der Waals surface area contributed by atoms with Crippen molar-refractivity contribution in [3.63, 3.8) is 0 Å². The van der Waals surface area contributed by atoms with Crippen molar-refractivity contribution in [3.8, 4) is 11.5 Å². The van der Waals surface area contributed by atoms with Crippen molar-refractivity contribution >= 4 is 56.6 Å². The van der Waals surface area contributed by atoms with Crippen molar-refractivity contribution in [3.05, 3.63) is 71.2 Å². The largest absolute Gasteiger partial charge is 0.465 e. The van der Waals surface area contributed by atoms with Gasteiger partial charge in [0.2, 0.25) is 0 Å². The Morgan fingerprint density at radius 2 is 1.93 bits per heavy atom. The molecule has 2 aliphatic heterocycles. The SMILES string of the molecule is Cc1cc(Oc2ccccc2)ccc1N1C(=O)Nc2c(C(=O)N[C@@H]3C[C@@H](F)CN(C(=O)O)C3)sc3nccc1c23. The van der Waals surface area contributed by atoms with Gasteiger partial charge >= 0.3 is 12.1 Å². The number of halogens is 1. The predicted octanol–water partition coefficient (Wildman–Crippen LogP) is 5.90. The van der Waals surface area contributed by atoms with Gasteiger partial charge in [-0.3, -0.25) is 9.69 Å². The molecular weight excluding hydrogens is 537 g/mol. The van der Waals surface area contributed by atoms with Gasteiger partial charge in [-0.15, -0.1) is 11.3 Å². The number of alkyl halides is 1. The summed E-state index contributed by atoms with van der Waals surface area (Å²) < 4.78 is 20.1. The van der Waals surface area contributed by atoms with Gasteiger partial charge in [0.1, 0.15) is 27.4 Å². The van der Waals surface area contributed by atoms with E-state index in [1.165, 1.54) is 4.90 Å². The number of urea groups is 1. The topological polar surface area (TPSA) is 124 Å². The molecule has 4 heterocycles. The smallest absolute Gasteiger partial charge is 0.407 e. The number of thiophene rings is 1. The first-order valence-corrected chi connectivity index (χ1v) is 13.4. The van der Waals surface area contributed by atoms with Gasteiger partial charge in [-0.05, 0) is 48.9 Å². The molecule has 0 saturated carbocycles. The molecule has 10 nitrogen and oxygen atoms in total. The Labute approximate surface area is 232 Å². The van der Waals surface area contributed by atoms with Gasteiger partial charge in [-0.1, -0.05) is 18.2 Å². The van der Waals surface area contributed by atoms with E-state index in [9.17, 15) is 23.9 Å². The molecule has 204 valence electrons. The number of hydrogen-bond acceptors (Lipinski definition) is 6. The van der Waals surface area contributed by atoms with Gasteiger partial charge in [0.15, 0.2) is 0 Å². The maximum atomic E-state index is 14.2. The van der Waals surface area contributed by atoms with Crippen LogP contribution in [0, 0.1) is 6.92 Å². The molecule has 3 N–H and O–H groups in total.